The van der Waals surface area contributed by atoms with E-state index in [0.717, 1.165) is 11.1 Å². The quantitative estimate of drug-likeness (QED) is 0.580. The number of aryl methyl sites for hydroxylation is 1. The van der Waals surface area contributed by atoms with Gasteiger partial charge in [-0.15, -0.1) is 5.10 Å². The van der Waals surface area contributed by atoms with E-state index >= 15 is 0 Å². The summed E-state index contributed by atoms with van der Waals surface area (Å²) in [4.78, 5) is 24.5. The largest absolute Gasteiger partial charge is 0.382 e. The lowest BCUT2D eigenvalue weighted by atomic mass is 10.1. The predicted octanol–water partition coefficient (Wildman–Crippen LogP) is 1.78. The molecule has 0 spiro atoms. The molecule has 3 aromatic rings. The van der Waals surface area contributed by atoms with Crippen LogP contribution in [-0.2, 0) is 17.8 Å². The Kier molecular flexibility index (Phi) is 6.01. The van der Waals surface area contributed by atoms with Crippen molar-refractivity contribution in [3.8, 4) is 0 Å². The molecular formula is C20H22N6O2. The van der Waals surface area contributed by atoms with E-state index in [4.69, 9.17) is 5.73 Å². The van der Waals surface area contributed by atoms with Gasteiger partial charge in [0.1, 0.15) is 6.54 Å². The van der Waals surface area contributed by atoms with Gasteiger partial charge >= 0.3 is 0 Å². The molecule has 2 amide bonds. The first-order chi connectivity index (χ1) is 13.5. The van der Waals surface area contributed by atoms with Crippen molar-refractivity contribution in [2.24, 2.45) is 0 Å². The zero-order valence-corrected chi connectivity index (χ0v) is 15.6. The molecule has 144 valence electrons. The van der Waals surface area contributed by atoms with Crippen LogP contribution >= 0.6 is 0 Å². The molecule has 0 atom stereocenters. The molecule has 0 aliphatic carbocycles. The van der Waals surface area contributed by atoms with E-state index in [1.54, 1.807) is 0 Å². The summed E-state index contributed by atoms with van der Waals surface area (Å²) >= 11 is 0. The smallest absolute Gasteiger partial charge is 0.275 e. The highest BCUT2D eigenvalue weighted by molar-refractivity contribution is 5.97. The highest BCUT2D eigenvalue weighted by Crippen LogP contribution is 2.14. The number of carbonyl (C=O) groups is 2. The van der Waals surface area contributed by atoms with Gasteiger partial charge in [0.2, 0.25) is 5.91 Å². The number of hydrogen-bond acceptors (Lipinski definition) is 5. The fourth-order valence-corrected chi connectivity index (χ4v) is 2.69. The molecule has 0 aliphatic rings. The number of amides is 2. The van der Waals surface area contributed by atoms with Gasteiger partial charge in [-0.2, -0.15) is 0 Å². The van der Waals surface area contributed by atoms with Crippen LogP contribution < -0.4 is 16.4 Å². The van der Waals surface area contributed by atoms with Crippen LogP contribution in [0.2, 0.25) is 0 Å². The van der Waals surface area contributed by atoms with Gasteiger partial charge < -0.3 is 16.4 Å². The molecule has 8 heteroatoms. The Bertz CT molecular complexity index is 968. The Morgan fingerprint density at radius 1 is 1.07 bits per heavy atom. The van der Waals surface area contributed by atoms with Gasteiger partial charge in [0.25, 0.3) is 5.91 Å². The standard InChI is InChI=1S/C20H22N6O2/c1-14-7-5-6-10-16(14)23-17(27)13-26-19(21)18(24-25-26)20(28)22-12-11-15-8-3-2-4-9-15/h2-10H,11-13,21H2,1H3,(H,22,28)(H,23,27). The van der Waals surface area contributed by atoms with Crippen LogP contribution in [0.3, 0.4) is 0 Å². The average Bonchev–Trinajstić information content (AvgIpc) is 3.05. The number of rotatable bonds is 7. The minimum Gasteiger partial charge on any atom is -0.382 e. The first-order valence-electron chi connectivity index (χ1n) is 8.91. The molecule has 0 aliphatic heterocycles. The number of benzene rings is 2. The minimum atomic E-state index is -0.418. The predicted molar refractivity (Wildman–Crippen MR) is 107 cm³/mol. The van der Waals surface area contributed by atoms with Crippen molar-refractivity contribution < 1.29 is 9.59 Å². The molecule has 0 fully saturated rings. The second-order valence-electron chi connectivity index (χ2n) is 6.34. The summed E-state index contributed by atoms with van der Waals surface area (Å²) in [7, 11) is 0. The summed E-state index contributed by atoms with van der Waals surface area (Å²) in [5.41, 5.74) is 8.74. The maximum absolute atomic E-state index is 12.3. The summed E-state index contributed by atoms with van der Waals surface area (Å²) in [6.07, 6.45) is 0.694. The Morgan fingerprint density at radius 2 is 1.79 bits per heavy atom. The van der Waals surface area contributed by atoms with Crippen LogP contribution in [0.15, 0.2) is 54.6 Å². The number of nitrogens with two attached hydrogens (primary N) is 1. The van der Waals surface area contributed by atoms with Gasteiger partial charge in [-0.05, 0) is 30.5 Å². The second-order valence-corrected chi connectivity index (χ2v) is 6.34. The summed E-state index contributed by atoms with van der Waals surface area (Å²) in [6.45, 7) is 2.21. The molecule has 0 radical (unpaired) electrons. The lowest BCUT2D eigenvalue weighted by Crippen LogP contribution is -2.27. The maximum atomic E-state index is 12.3. The summed E-state index contributed by atoms with van der Waals surface area (Å²) in [5.74, 6) is -0.668. The Labute approximate surface area is 162 Å². The molecule has 8 nitrogen and oxygen atoms in total. The molecule has 1 aromatic heterocycles. The third kappa shape index (κ3) is 4.73. The number of para-hydroxylation sites is 1. The van der Waals surface area contributed by atoms with Gasteiger partial charge in [-0.25, -0.2) is 4.68 Å². The summed E-state index contributed by atoms with van der Waals surface area (Å²) < 4.78 is 1.21. The second kappa shape index (κ2) is 8.81. The molecule has 0 saturated carbocycles. The van der Waals surface area contributed by atoms with Crippen LogP contribution in [0.25, 0.3) is 0 Å². The summed E-state index contributed by atoms with van der Waals surface area (Å²) in [6, 6.07) is 17.3. The van der Waals surface area contributed by atoms with Crippen LogP contribution in [0, 0.1) is 6.92 Å². The zero-order chi connectivity index (χ0) is 19.9. The van der Waals surface area contributed by atoms with Crippen molar-refractivity contribution >= 4 is 23.3 Å². The molecule has 0 saturated heterocycles. The number of nitrogen functional groups attached to an aromatic ring is 1. The van der Waals surface area contributed by atoms with Gasteiger partial charge in [-0.1, -0.05) is 53.7 Å². The Balaban J connectivity index is 1.56. The van der Waals surface area contributed by atoms with Crippen LogP contribution in [0.5, 0.6) is 0 Å². The molecular weight excluding hydrogens is 356 g/mol. The number of carbonyl (C=O) groups excluding carboxylic acids is 2. The lowest BCUT2D eigenvalue weighted by molar-refractivity contribution is -0.116. The average molecular weight is 378 g/mol. The van der Waals surface area contributed by atoms with Crippen molar-refractivity contribution in [3.05, 3.63) is 71.4 Å². The summed E-state index contributed by atoms with van der Waals surface area (Å²) in [5, 5.41) is 13.2. The zero-order valence-electron chi connectivity index (χ0n) is 15.6. The Hall–Kier alpha value is -3.68. The van der Waals surface area contributed by atoms with Crippen molar-refractivity contribution in [1.82, 2.24) is 20.3 Å². The molecule has 4 N–H and O–H groups in total. The van der Waals surface area contributed by atoms with Crippen molar-refractivity contribution in [1.29, 1.82) is 0 Å². The van der Waals surface area contributed by atoms with E-state index in [1.165, 1.54) is 4.68 Å². The first-order valence-corrected chi connectivity index (χ1v) is 8.91. The number of nitrogens with one attached hydrogen (secondary N) is 2. The SMILES string of the molecule is Cc1ccccc1NC(=O)Cn1nnc(C(=O)NCCc2ccccc2)c1N. The number of hydrogen-bond donors (Lipinski definition) is 3. The Morgan fingerprint density at radius 3 is 2.54 bits per heavy atom. The third-order valence-electron chi connectivity index (χ3n) is 4.24. The molecule has 28 heavy (non-hydrogen) atoms. The van der Waals surface area contributed by atoms with E-state index in [9.17, 15) is 9.59 Å². The molecule has 3 rings (SSSR count). The highest BCUT2D eigenvalue weighted by atomic mass is 16.2. The van der Waals surface area contributed by atoms with E-state index in [0.29, 0.717) is 18.7 Å². The van der Waals surface area contributed by atoms with Crippen molar-refractivity contribution in [3.63, 3.8) is 0 Å². The van der Waals surface area contributed by atoms with Crippen molar-refractivity contribution in [2.75, 3.05) is 17.6 Å². The lowest BCUT2D eigenvalue weighted by Gasteiger charge is -2.08. The van der Waals surface area contributed by atoms with Gasteiger partial charge in [-0.3, -0.25) is 9.59 Å². The molecule has 0 bridgehead atoms. The fourth-order valence-electron chi connectivity index (χ4n) is 2.69. The fraction of sp³-hybridized carbons (Fsp3) is 0.200. The molecule has 1 heterocycles. The first kappa shape index (κ1) is 19.1. The maximum Gasteiger partial charge on any atom is 0.275 e. The highest BCUT2D eigenvalue weighted by Gasteiger charge is 2.18. The third-order valence-corrected chi connectivity index (χ3v) is 4.24. The van der Waals surface area contributed by atoms with E-state index in [-0.39, 0.29) is 24.0 Å². The number of anilines is 2. The number of nitrogens with zero attached hydrogens (tertiary/aromatic N) is 3. The van der Waals surface area contributed by atoms with Gasteiger partial charge in [0, 0.05) is 12.2 Å². The van der Waals surface area contributed by atoms with Crippen LogP contribution in [0.1, 0.15) is 21.6 Å². The van der Waals surface area contributed by atoms with E-state index in [1.807, 2.05) is 61.5 Å². The van der Waals surface area contributed by atoms with Gasteiger partial charge in [0.05, 0.1) is 0 Å². The van der Waals surface area contributed by atoms with Crippen molar-refractivity contribution in [2.45, 2.75) is 19.9 Å². The van der Waals surface area contributed by atoms with Crippen LogP contribution in [0.4, 0.5) is 11.5 Å². The molecule has 2 aromatic carbocycles. The minimum absolute atomic E-state index is 0.0109. The molecule has 0 unspecified atom stereocenters. The normalized spacial score (nSPS) is 10.5. The number of aromatic nitrogens is 3. The van der Waals surface area contributed by atoms with Gasteiger partial charge in [0.15, 0.2) is 11.5 Å². The van der Waals surface area contributed by atoms with E-state index < -0.39 is 5.91 Å². The van der Waals surface area contributed by atoms with E-state index in [2.05, 4.69) is 20.9 Å². The monoisotopic (exact) mass is 378 g/mol. The van der Waals surface area contributed by atoms with Crippen LogP contribution in [-0.4, -0.2) is 33.4 Å². The topological polar surface area (TPSA) is 115 Å².